The van der Waals surface area contributed by atoms with Crippen LogP contribution in [-0.4, -0.2) is 14.4 Å². The van der Waals surface area contributed by atoms with E-state index in [9.17, 15) is 0 Å². The summed E-state index contributed by atoms with van der Waals surface area (Å²) >= 11 is 1.63. The highest BCUT2D eigenvalue weighted by molar-refractivity contribution is 7.13. The van der Waals surface area contributed by atoms with E-state index in [2.05, 4.69) is 9.97 Å². The third-order valence-corrected chi connectivity index (χ3v) is 3.10. The van der Waals surface area contributed by atoms with Gasteiger partial charge in [-0.15, -0.1) is 11.3 Å². The van der Waals surface area contributed by atoms with Gasteiger partial charge in [0.05, 0.1) is 11.1 Å². The molecule has 4 nitrogen and oxygen atoms in total. The first kappa shape index (κ1) is 8.43. The van der Waals surface area contributed by atoms with E-state index in [0.717, 1.165) is 16.2 Å². The third kappa shape index (κ3) is 1.20. The lowest BCUT2D eigenvalue weighted by atomic mass is 10.3. The largest absolute Gasteiger partial charge is 0.383 e. The zero-order chi connectivity index (χ0) is 10.3. The molecule has 3 heterocycles. The van der Waals surface area contributed by atoms with Gasteiger partial charge in [0, 0.05) is 12.4 Å². The van der Waals surface area contributed by atoms with Crippen LogP contribution >= 0.6 is 11.3 Å². The first-order valence-corrected chi connectivity index (χ1v) is 5.35. The summed E-state index contributed by atoms with van der Waals surface area (Å²) in [6.45, 7) is 0. The number of nitrogen functional groups attached to an aromatic ring is 1. The van der Waals surface area contributed by atoms with Crippen LogP contribution in [-0.2, 0) is 0 Å². The molecule has 0 atom stereocenters. The quantitative estimate of drug-likeness (QED) is 0.677. The van der Waals surface area contributed by atoms with Crippen LogP contribution in [0.1, 0.15) is 0 Å². The second-order valence-corrected chi connectivity index (χ2v) is 4.08. The highest BCUT2D eigenvalue weighted by Gasteiger charge is 2.11. The summed E-state index contributed by atoms with van der Waals surface area (Å²) in [7, 11) is 0. The number of nitrogens with two attached hydrogens (primary N) is 1. The number of nitrogens with zero attached hydrogens (tertiary/aromatic N) is 3. The molecule has 0 radical (unpaired) electrons. The minimum Gasteiger partial charge on any atom is -0.383 e. The lowest BCUT2D eigenvalue weighted by molar-refractivity contribution is 1.13. The maximum absolute atomic E-state index is 6.01. The maximum Gasteiger partial charge on any atom is 0.157 e. The van der Waals surface area contributed by atoms with Crippen LogP contribution < -0.4 is 5.73 Å². The predicted molar refractivity (Wildman–Crippen MR) is 60.7 cm³/mol. The van der Waals surface area contributed by atoms with E-state index in [1.54, 1.807) is 23.7 Å². The molecule has 0 bridgehead atoms. The molecule has 0 aromatic carbocycles. The number of thiophene rings is 1. The van der Waals surface area contributed by atoms with Crippen LogP contribution in [0, 0.1) is 0 Å². The highest BCUT2D eigenvalue weighted by atomic mass is 32.1. The molecular weight excluding hydrogens is 208 g/mol. The van der Waals surface area contributed by atoms with Crippen molar-refractivity contribution in [3.63, 3.8) is 0 Å². The fourth-order valence-corrected chi connectivity index (χ4v) is 2.24. The molecule has 74 valence electrons. The first-order valence-electron chi connectivity index (χ1n) is 4.47. The van der Waals surface area contributed by atoms with Crippen LogP contribution in [0.5, 0.6) is 0 Å². The minimum absolute atomic E-state index is 0.662. The number of rotatable bonds is 1. The van der Waals surface area contributed by atoms with Crippen molar-refractivity contribution in [3.05, 3.63) is 36.1 Å². The Kier molecular flexibility index (Phi) is 1.72. The molecule has 3 aromatic rings. The van der Waals surface area contributed by atoms with Gasteiger partial charge in [0.15, 0.2) is 5.65 Å². The van der Waals surface area contributed by atoms with Gasteiger partial charge in [-0.05, 0) is 11.4 Å². The van der Waals surface area contributed by atoms with E-state index >= 15 is 0 Å². The van der Waals surface area contributed by atoms with Gasteiger partial charge in [-0.2, -0.15) is 0 Å². The SMILES string of the molecule is Nc1c(-c2cccs2)nc2cnccn12. The first-order chi connectivity index (χ1) is 7.36. The zero-order valence-electron chi connectivity index (χ0n) is 7.79. The molecule has 0 saturated carbocycles. The minimum atomic E-state index is 0.662. The number of hydrogen-bond acceptors (Lipinski definition) is 4. The Morgan fingerprint density at radius 2 is 2.33 bits per heavy atom. The fraction of sp³-hybridized carbons (Fsp3) is 0. The van der Waals surface area contributed by atoms with Crippen molar-refractivity contribution < 1.29 is 0 Å². The number of hydrogen-bond donors (Lipinski definition) is 1. The molecule has 0 saturated heterocycles. The van der Waals surface area contributed by atoms with Gasteiger partial charge in [0.2, 0.25) is 0 Å². The van der Waals surface area contributed by atoms with Gasteiger partial charge < -0.3 is 5.73 Å². The van der Waals surface area contributed by atoms with E-state index in [1.165, 1.54) is 0 Å². The average Bonchev–Trinajstić information content (AvgIpc) is 2.87. The van der Waals surface area contributed by atoms with Crippen molar-refractivity contribution in [3.8, 4) is 10.6 Å². The topological polar surface area (TPSA) is 56.2 Å². The van der Waals surface area contributed by atoms with Gasteiger partial charge >= 0.3 is 0 Å². The summed E-state index contributed by atoms with van der Waals surface area (Å²) in [6.07, 6.45) is 5.21. The van der Waals surface area contributed by atoms with Crippen molar-refractivity contribution in [1.82, 2.24) is 14.4 Å². The summed E-state index contributed by atoms with van der Waals surface area (Å²) in [6, 6.07) is 4.00. The number of anilines is 1. The molecule has 0 amide bonds. The molecule has 0 aliphatic rings. The molecule has 0 fully saturated rings. The molecule has 0 aliphatic heterocycles. The Balaban J connectivity index is 2.33. The standard InChI is InChI=1S/C10H8N4S/c11-10-9(7-2-1-5-15-7)13-8-6-12-3-4-14(8)10/h1-6H,11H2. The second kappa shape index (κ2) is 3.06. The van der Waals surface area contributed by atoms with Gasteiger partial charge in [0.1, 0.15) is 11.5 Å². The smallest absolute Gasteiger partial charge is 0.157 e. The van der Waals surface area contributed by atoms with Crippen LogP contribution in [0.25, 0.3) is 16.2 Å². The summed E-state index contributed by atoms with van der Waals surface area (Å²) in [5, 5.41) is 2.01. The molecule has 2 N–H and O–H groups in total. The predicted octanol–water partition coefficient (Wildman–Crippen LogP) is 2.04. The van der Waals surface area contributed by atoms with Crippen LogP contribution in [0.4, 0.5) is 5.82 Å². The van der Waals surface area contributed by atoms with Gasteiger partial charge in [-0.25, -0.2) is 4.98 Å². The van der Waals surface area contributed by atoms with Crippen molar-refractivity contribution in [2.45, 2.75) is 0 Å². The van der Waals surface area contributed by atoms with E-state index < -0.39 is 0 Å². The molecule has 0 spiro atoms. The van der Waals surface area contributed by atoms with E-state index in [-0.39, 0.29) is 0 Å². The lowest BCUT2D eigenvalue weighted by Crippen LogP contribution is -1.93. The van der Waals surface area contributed by atoms with E-state index in [4.69, 9.17) is 5.73 Å². The van der Waals surface area contributed by atoms with Crippen LogP contribution in [0.3, 0.4) is 0 Å². The number of aromatic nitrogens is 3. The van der Waals surface area contributed by atoms with E-state index in [0.29, 0.717) is 5.82 Å². The van der Waals surface area contributed by atoms with Gasteiger partial charge in [0.25, 0.3) is 0 Å². The van der Waals surface area contributed by atoms with Gasteiger partial charge in [-0.3, -0.25) is 9.38 Å². The Bertz CT molecular complexity index is 597. The van der Waals surface area contributed by atoms with Crippen molar-refractivity contribution in [2.75, 3.05) is 5.73 Å². The Labute approximate surface area is 90.0 Å². The monoisotopic (exact) mass is 216 g/mol. The Hall–Kier alpha value is -1.88. The summed E-state index contributed by atoms with van der Waals surface area (Å²) < 4.78 is 1.84. The Morgan fingerprint density at radius 1 is 1.40 bits per heavy atom. The fourth-order valence-electron chi connectivity index (χ4n) is 1.52. The van der Waals surface area contributed by atoms with Crippen molar-refractivity contribution in [2.24, 2.45) is 0 Å². The third-order valence-electron chi connectivity index (χ3n) is 2.22. The molecule has 3 rings (SSSR count). The molecule has 3 aromatic heterocycles. The molecular formula is C10H8N4S. The highest BCUT2D eigenvalue weighted by Crippen LogP contribution is 2.29. The zero-order valence-corrected chi connectivity index (χ0v) is 8.61. The second-order valence-electron chi connectivity index (χ2n) is 3.13. The molecule has 0 unspecified atom stereocenters. The van der Waals surface area contributed by atoms with E-state index in [1.807, 2.05) is 28.1 Å². The molecule has 0 aliphatic carbocycles. The van der Waals surface area contributed by atoms with Gasteiger partial charge in [-0.1, -0.05) is 6.07 Å². The lowest BCUT2D eigenvalue weighted by Gasteiger charge is -1.94. The maximum atomic E-state index is 6.01. The van der Waals surface area contributed by atoms with Crippen molar-refractivity contribution >= 4 is 22.8 Å². The molecule has 5 heteroatoms. The van der Waals surface area contributed by atoms with Crippen molar-refractivity contribution in [1.29, 1.82) is 0 Å². The number of fused-ring (bicyclic) bond motifs is 1. The summed E-state index contributed by atoms with van der Waals surface area (Å²) in [5.74, 6) is 0.662. The normalized spacial score (nSPS) is 10.9. The summed E-state index contributed by atoms with van der Waals surface area (Å²) in [4.78, 5) is 9.53. The molecule has 15 heavy (non-hydrogen) atoms. The average molecular weight is 216 g/mol. The summed E-state index contributed by atoms with van der Waals surface area (Å²) in [5.41, 5.74) is 7.62. The Morgan fingerprint density at radius 3 is 3.07 bits per heavy atom. The number of imidazole rings is 1. The van der Waals surface area contributed by atoms with Crippen LogP contribution in [0.2, 0.25) is 0 Å². The van der Waals surface area contributed by atoms with Crippen LogP contribution in [0.15, 0.2) is 36.1 Å².